The van der Waals surface area contributed by atoms with Crippen molar-refractivity contribution in [1.82, 2.24) is 0 Å². The topological polar surface area (TPSA) is 52.6 Å². The van der Waals surface area contributed by atoms with Gasteiger partial charge in [0.25, 0.3) is 0 Å². The Kier molecular flexibility index (Phi) is 6.75. The van der Waals surface area contributed by atoms with Crippen molar-refractivity contribution in [2.45, 2.75) is 39.7 Å². The summed E-state index contributed by atoms with van der Waals surface area (Å²) < 4.78 is 10.9. The van der Waals surface area contributed by atoms with E-state index in [1.165, 1.54) is 0 Å². The Bertz CT molecular complexity index is 736. The average Bonchev–Trinajstić information content (AvgIpc) is 2.61. The number of benzene rings is 2. The highest BCUT2D eigenvalue weighted by atomic mass is 16.6. The third kappa shape index (κ3) is 5.18. The van der Waals surface area contributed by atoms with E-state index in [1.54, 1.807) is 12.1 Å². The number of carbonyl (C=O) groups is 2. The van der Waals surface area contributed by atoms with E-state index in [0.717, 1.165) is 11.1 Å². The van der Waals surface area contributed by atoms with Gasteiger partial charge in [-0.15, -0.1) is 0 Å². The summed E-state index contributed by atoms with van der Waals surface area (Å²) in [6.07, 6.45) is 0.863. The zero-order valence-electron chi connectivity index (χ0n) is 15.0. The number of esters is 2. The summed E-state index contributed by atoms with van der Waals surface area (Å²) in [7, 11) is 0. The van der Waals surface area contributed by atoms with Crippen LogP contribution in [0.3, 0.4) is 0 Å². The van der Waals surface area contributed by atoms with Gasteiger partial charge >= 0.3 is 11.9 Å². The minimum Gasteiger partial charge on any atom is -0.462 e. The normalized spacial score (nSPS) is 11.6. The van der Waals surface area contributed by atoms with Gasteiger partial charge in [-0.3, -0.25) is 0 Å². The lowest BCUT2D eigenvalue weighted by Gasteiger charge is -2.17. The summed E-state index contributed by atoms with van der Waals surface area (Å²) in [6.45, 7) is 5.91. The lowest BCUT2D eigenvalue weighted by Crippen LogP contribution is -2.21. The molecule has 4 nitrogen and oxygen atoms in total. The second-order valence-corrected chi connectivity index (χ2v) is 5.99. The Balaban J connectivity index is 1.86. The van der Waals surface area contributed by atoms with Gasteiger partial charge in [0.15, 0.2) is 0 Å². The maximum atomic E-state index is 12.3. The van der Waals surface area contributed by atoms with Gasteiger partial charge in [-0.1, -0.05) is 43.3 Å². The van der Waals surface area contributed by atoms with Gasteiger partial charge in [0.2, 0.25) is 0 Å². The van der Waals surface area contributed by atoms with Crippen LogP contribution in [0, 0.1) is 13.8 Å². The Morgan fingerprint density at radius 3 is 1.92 bits per heavy atom. The Hall–Kier alpha value is -2.62. The van der Waals surface area contributed by atoms with Gasteiger partial charge in [0, 0.05) is 6.42 Å². The minimum atomic E-state index is -0.349. The van der Waals surface area contributed by atoms with Gasteiger partial charge in [-0.25, -0.2) is 9.59 Å². The number of hydrogen-bond donors (Lipinski definition) is 0. The summed E-state index contributed by atoms with van der Waals surface area (Å²) >= 11 is 0. The maximum absolute atomic E-state index is 12.3. The molecule has 0 aliphatic rings. The predicted octanol–water partition coefficient (Wildman–Crippen LogP) is 4.49. The van der Waals surface area contributed by atoms with Crippen molar-refractivity contribution < 1.29 is 19.1 Å². The standard InChI is InChI=1S/C21H24O4/c1-4-17(25-21(23)19-12-8-6-10-16(19)3)13-14-24-20(22)18-11-7-5-9-15(18)2/h5-12,17H,4,13-14H2,1-3H3. The molecule has 0 aromatic heterocycles. The van der Waals surface area contributed by atoms with Crippen molar-refractivity contribution in [2.24, 2.45) is 0 Å². The summed E-state index contributed by atoms with van der Waals surface area (Å²) in [5.41, 5.74) is 2.89. The summed E-state index contributed by atoms with van der Waals surface area (Å²) in [6, 6.07) is 14.6. The van der Waals surface area contributed by atoms with Crippen LogP contribution in [0.15, 0.2) is 48.5 Å². The highest BCUT2D eigenvalue weighted by Gasteiger charge is 2.17. The molecule has 0 amide bonds. The van der Waals surface area contributed by atoms with E-state index in [1.807, 2.05) is 57.2 Å². The molecule has 4 heteroatoms. The van der Waals surface area contributed by atoms with Crippen molar-refractivity contribution >= 4 is 11.9 Å². The van der Waals surface area contributed by atoms with Crippen LogP contribution in [0.2, 0.25) is 0 Å². The quantitative estimate of drug-likeness (QED) is 0.697. The second kappa shape index (κ2) is 9.02. The third-order valence-electron chi connectivity index (χ3n) is 4.13. The zero-order valence-corrected chi connectivity index (χ0v) is 15.0. The first kappa shape index (κ1) is 18.7. The average molecular weight is 340 g/mol. The monoisotopic (exact) mass is 340 g/mol. The molecule has 0 fully saturated rings. The smallest absolute Gasteiger partial charge is 0.338 e. The molecule has 25 heavy (non-hydrogen) atoms. The van der Waals surface area contributed by atoms with Gasteiger partial charge in [-0.2, -0.15) is 0 Å². The largest absolute Gasteiger partial charge is 0.462 e. The van der Waals surface area contributed by atoms with Crippen molar-refractivity contribution in [3.63, 3.8) is 0 Å². The molecule has 2 aromatic rings. The molecule has 0 N–H and O–H groups in total. The van der Waals surface area contributed by atoms with Crippen LogP contribution in [0.25, 0.3) is 0 Å². The second-order valence-electron chi connectivity index (χ2n) is 5.99. The van der Waals surface area contributed by atoms with E-state index < -0.39 is 0 Å². The van der Waals surface area contributed by atoms with Crippen LogP contribution in [0.5, 0.6) is 0 Å². The van der Waals surface area contributed by atoms with E-state index in [2.05, 4.69) is 0 Å². The first-order valence-electron chi connectivity index (χ1n) is 8.52. The van der Waals surface area contributed by atoms with Gasteiger partial charge in [0.1, 0.15) is 6.10 Å². The molecule has 0 bridgehead atoms. The SMILES string of the molecule is CCC(CCOC(=O)c1ccccc1C)OC(=O)c1ccccc1C. The summed E-state index contributed by atoms with van der Waals surface area (Å²) in [5, 5.41) is 0. The molecule has 1 atom stereocenters. The highest BCUT2D eigenvalue weighted by molar-refractivity contribution is 5.91. The first-order chi connectivity index (χ1) is 12.0. The number of carbonyl (C=O) groups excluding carboxylic acids is 2. The van der Waals surface area contributed by atoms with E-state index >= 15 is 0 Å². The van der Waals surface area contributed by atoms with E-state index in [0.29, 0.717) is 24.0 Å². The molecule has 0 aliphatic heterocycles. The van der Waals surface area contributed by atoms with Crippen LogP contribution < -0.4 is 0 Å². The first-order valence-corrected chi connectivity index (χ1v) is 8.52. The number of hydrogen-bond acceptors (Lipinski definition) is 4. The molecule has 0 saturated carbocycles. The Morgan fingerprint density at radius 1 is 0.880 bits per heavy atom. The van der Waals surface area contributed by atoms with Crippen molar-refractivity contribution in [3.8, 4) is 0 Å². The van der Waals surface area contributed by atoms with Crippen molar-refractivity contribution in [3.05, 3.63) is 70.8 Å². The highest BCUT2D eigenvalue weighted by Crippen LogP contribution is 2.14. The van der Waals surface area contributed by atoms with Crippen LogP contribution >= 0.6 is 0 Å². The third-order valence-corrected chi connectivity index (χ3v) is 4.13. The van der Waals surface area contributed by atoms with E-state index in [9.17, 15) is 9.59 Å². The molecule has 1 unspecified atom stereocenters. The van der Waals surface area contributed by atoms with Crippen LogP contribution in [0.1, 0.15) is 51.6 Å². The lowest BCUT2D eigenvalue weighted by atomic mass is 10.1. The van der Waals surface area contributed by atoms with Crippen LogP contribution in [-0.4, -0.2) is 24.6 Å². The minimum absolute atomic E-state index is 0.215. The van der Waals surface area contributed by atoms with Gasteiger partial charge < -0.3 is 9.47 Å². The fourth-order valence-corrected chi connectivity index (χ4v) is 2.53. The van der Waals surface area contributed by atoms with E-state index in [-0.39, 0.29) is 24.6 Å². The number of aryl methyl sites for hydroxylation is 2. The molecular formula is C21H24O4. The Morgan fingerprint density at radius 2 is 1.40 bits per heavy atom. The van der Waals surface area contributed by atoms with Gasteiger partial charge in [0.05, 0.1) is 17.7 Å². The number of rotatable bonds is 7. The predicted molar refractivity (Wildman–Crippen MR) is 96.8 cm³/mol. The van der Waals surface area contributed by atoms with Crippen LogP contribution in [0.4, 0.5) is 0 Å². The molecule has 0 heterocycles. The number of ether oxygens (including phenoxy) is 2. The van der Waals surface area contributed by atoms with Crippen molar-refractivity contribution in [1.29, 1.82) is 0 Å². The maximum Gasteiger partial charge on any atom is 0.338 e. The lowest BCUT2D eigenvalue weighted by molar-refractivity contribution is 0.0176. The molecule has 0 saturated heterocycles. The van der Waals surface area contributed by atoms with Gasteiger partial charge in [-0.05, 0) is 43.5 Å². The fourth-order valence-electron chi connectivity index (χ4n) is 2.53. The van der Waals surface area contributed by atoms with E-state index in [4.69, 9.17) is 9.47 Å². The van der Waals surface area contributed by atoms with Crippen LogP contribution in [-0.2, 0) is 9.47 Å². The Labute approximate surface area is 148 Å². The molecule has 2 aromatic carbocycles. The van der Waals surface area contributed by atoms with Crippen molar-refractivity contribution in [2.75, 3.05) is 6.61 Å². The molecule has 2 rings (SSSR count). The fraction of sp³-hybridized carbons (Fsp3) is 0.333. The molecule has 132 valence electrons. The summed E-state index contributed by atoms with van der Waals surface area (Å²) in [4.78, 5) is 24.4. The molecule has 0 aliphatic carbocycles. The zero-order chi connectivity index (χ0) is 18.2. The molecule has 0 spiro atoms. The molecule has 0 radical (unpaired) electrons. The summed E-state index contributed by atoms with van der Waals surface area (Å²) in [5.74, 6) is -0.687. The molecular weight excluding hydrogens is 316 g/mol.